The Balaban J connectivity index is 0.870. The maximum absolute atomic E-state index is 7.03. The molecule has 1 aromatic heterocycles. The van der Waals surface area contributed by atoms with Crippen LogP contribution in [0.4, 0.5) is 0 Å². The molecule has 0 saturated heterocycles. The van der Waals surface area contributed by atoms with Crippen LogP contribution in [-0.2, 0) is 0 Å². The Morgan fingerprint density at radius 3 is 1.57 bits per heavy atom. The first-order valence-electron chi connectivity index (χ1n) is 22.3. The molecule has 65 heavy (non-hydrogen) atoms. The van der Waals surface area contributed by atoms with Gasteiger partial charge in [0.05, 0.1) is 11.0 Å². The van der Waals surface area contributed by atoms with E-state index >= 15 is 0 Å². The van der Waals surface area contributed by atoms with Crippen LogP contribution in [0, 0.1) is 0 Å². The Labute approximate surface area is 379 Å². The number of benzene rings is 10. The maximum atomic E-state index is 7.03. The molecule has 0 radical (unpaired) electrons. The largest absolute Gasteiger partial charge is 0.551 e. The van der Waals surface area contributed by atoms with Gasteiger partial charge in [-0.25, -0.2) is 0 Å². The van der Waals surface area contributed by atoms with Crippen LogP contribution in [0.1, 0.15) is 0 Å². The van der Waals surface area contributed by atoms with E-state index in [1.165, 1.54) is 48.1 Å². The molecule has 3 nitrogen and oxygen atoms in total. The SMILES string of the molecule is c1ccc([Si](c2ccccc2)(c2ccccc2)c2cccc(-c3ccc4c(c3)-c3cccc5c3B(O4)c3ccc(-c4cccc(-n6c7ccccc7c7ccccc76)c4)cc3O5)c2)cc1. The van der Waals surface area contributed by atoms with Crippen LogP contribution in [0.15, 0.2) is 243 Å². The fourth-order valence-electron chi connectivity index (χ4n) is 10.7. The third kappa shape index (κ3) is 5.90. The van der Waals surface area contributed by atoms with Crippen LogP contribution in [0.5, 0.6) is 17.2 Å². The van der Waals surface area contributed by atoms with Crippen molar-refractivity contribution < 1.29 is 9.39 Å². The van der Waals surface area contributed by atoms with Crippen molar-refractivity contribution in [3.8, 4) is 56.3 Å². The van der Waals surface area contributed by atoms with Crippen LogP contribution in [0.2, 0.25) is 0 Å². The van der Waals surface area contributed by atoms with E-state index in [0.29, 0.717) is 0 Å². The first kappa shape index (κ1) is 37.4. The Kier molecular flexibility index (Phi) is 8.65. The molecule has 10 aromatic carbocycles. The van der Waals surface area contributed by atoms with Crippen molar-refractivity contribution in [1.29, 1.82) is 0 Å². The van der Waals surface area contributed by atoms with E-state index in [9.17, 15) is 0 Å². The van der Waals surface area contributed by atoms with Gasteiger partial charge in [-0.3, -0.25) is 0 Å². The zero-order chi connectivity index (χ0) is 42.9. The minimum atomic E-state index is -2.70. The summed E-state index contributed by atoms with van der Waals surface area (Å²) in [6.07, 6.45) is 0. The van der Waals surface area contributed by atoms with Crippen molar-refractivity contribution in [2.45, 2.75) is 0 Å². The molecule has 0 bridgehead atoms. The van der Waals surface area contributed by atoms with Crippen molar-refractivity contribution in [2.24, 2.45) is 0 Å². The van der Waals surface area contributed by atoms with Crippen LogP contribution in [-0.4, -0.2) is 19.6 Å². The molecule has 2 aliphatic heterocycles. The third-order valence-corrected chi connectivity index (χ3v) is 18.4. The normalized spacial score (nSPS) is 12.5. The summed E-state index contributed by atoms with van der Waals surface area (Å²) in [6, 6.07) is 88.3. The van der Waals surface area contributed by atoms with Crippen LogP contribution < -0.4 is 41.1 Å². The fourth-order valence-corrected chi connectivity index (χ4v) is 15.5. The number of para-hydroxylation sites is 2. The predicted molar refractivity (Wildman–Crippen MR) is 273 cm³/mol. The standard InChI is InChI=1S/C60H40BNO2Si/c1-4-20-46(21-5-1)65(47-22-6-2-7-23-47,48-24-8-3-9-25-48)49-26-15-18-42(38-49)43-34-36-57-53(39-43)52-29-16-32-58-60(52)61(64-57)54-35-33-44(40-59(54)63-58)41-17-14-19-45(37-41)62-55-30-12-10-27-50(55)51-28-11-13-31-56(51)62/h1-40H. The van der Waals surface area contributed by atoms with E-state index in [-0.39, 0.29) is 6.92 Å². The highest BCUT2D eigenvalue weighted by Crippen LogP contribution is 2.42. The van der Waals surface area contributed by atoms with Gasteiger partial charge >= 0.3 is 6.92 Å². The molecule has 0 aliphatic carbocycles. The fraction of sp³-hybridized carbons (Fsp3) is 0. The molecular formula is C60H40BNO2Si. The summed E-state index contributed by atoms with van der Waals surface area (Å²) in [5.41, 5.74) is 12.4. The lowest BCUT2D eigenvalue weighted by Gasteiger charge is -2.35. The topological polar surface area (TPSA) is 23.4 Å². The molecule has 0 atom stereocenters. The second-order valence-corrected chi connectivity index (χ2v) is 20.9. The van der Waals surface area contributed by atoms with Gasteiger partial charge < -0.3 is 14.0 Å². The minimum Gasteiger partial charge on any atom is -0.551 e. The van der Waals surface area contributed by atoms with Gasteiger partial charge in [-0.15, -0.1) is 0 Å². The van der Waals surface area contributed by atoms with Crippen molar-refractivity contribution >= 4 is 68.5 Å². The summed E-state index contributed by atoms with van der Waals surface area (Å²) in [7, 11) is -2.70. The molecule has 0 saturated carbocycles. The Hall–Kier alpha value is -8.12. The molecule has 2 aliphatic rings. The smallest absolute Gasteiger partial charge is 0.434 e. The van der Waals surface area contributed by atoms with Crippen LogP contribution in [0.3, 0.4) is 0 Å². The van der Waals surface area contributed by atoms with Gasteiger partial charge in [-0.1, -0.05) is 194 Å². The van der Waals surface area contributed by atoms with E-state index < -0.39 is 8.07 Å². The molecule has 0 amide bonds. The number of hydrogen-bond acceptors (Lipinski definition) is 2. The first-order valence-corrected chi connectivity index (χ1v) is 24.3. The summed E-state index contributed by atoms with van der Waals surface area (Å²) < 4.78 is 16.2. The molecule has 11 aromatic rings. The molecule has 304 valence electrons. The molecule has 0 N–H and O–H groups in total. The molecule has 13 rings (SSSR count). The van der Waals surface area contributed by atoms with Crippen molar-refractivity contribution in [2.75, 3.05) is 0 Å². The van der Waals surface area contributed by atoms with Gasteiger partial charge in [0.15, 0.2) is 8.07 Å². The van der Waals surface area contributed by atoms with Gasteiger partial charge in [0.25, 0.3) is 0 Å². The average molecular weight is 846 g/mol. The summed E-state index contributed by atoms with van der Waals surface area (Å²) in [5, 5.41) is 7.92. The lowest BCUT2D eigenvalue weighted by Crippen LogP contribution is -2.74. The number of nitrogens with zero attached hydrogens (tertiary/aromatic N) is 1. The Morgan fingerprint density at radius 1 is 0.354 bits per heavy atom. The Morgan fingerprint density at radius 2 is 0.892 bits per heavy atom. The van der Waals surface area contributed by atoms with Gasteiger partial charge in [-0.2, -0.15) is 0 Å². The second-order valence-electron chi connectivity index (χ2n) is 17.1. The Bertz CT molecular complexity index is 3470. The lowest BCUT2D eigenvalue weighted by atomic mass is 9.51. The summed E-state index contributed by atoms with van der Waals surface area (Å²) >= 11 is 0. The molecule has 0 fully saturated rings. The van der Waals surface area contributed by atoms with Crippen molar-refractivity contribution in [1.82, 2.24) is 4.57 Å². The van der Waals surface area contributed by atoms with Gasteiger partial charge in [0.2, 0.25) is 0 Å². The molecule has 0 spiro atoms. The summed E-state index contributed by atoms with van der Waals surface area (Å²) in [6.45, 7) is -0.293. The molecule has 0 unspecified atom stereocenters. The van der Waals surface area contributed by atoms with E-state index in [1.807, 2.05) is 0 Å². The minimum absolute atomic E-state index is 0.293. The summed E-state index contributed by atoms with van der Waals surface area (Å²) in [5.74, 6) is 2.52. The molecule has 5 heteroatoms. The zero-order valence-electron chi connectivity index (χ0n) is 35.4. The van der Waals surface area contributed by atoms with Crippen LogP contribution in [0.25, 0.3) is 60.9 Å². The highest BCUT2D eigenvalue weighted by atomic mass is 28.3. The number of ether oxygens (including phenoxy) is 1. The van der Waals surface area contributed by atoms with E-state index in [1.54, 1.807) is 0 Å². The van der Waals surface area contributed by atoms with Crippen LogP contribution >= 0.6 is 0 Å². The predicted octanol–water partition coefficient (Wildman–Crippen LogP) is 10.8. The number of fused-ring (bicyclic) bond motifs is 7. The van der Waals surface area contributed by atoms with Crippen molar-refractivity contribution in [3.63, 3.8) is 0 Å². The average Bonchev–Trinajstić information content (AvgIpc) is 3.72. The highest BCUT2D eigenvalue weighted by molar-refractivity contribution is 7.19. The van der Waals surface area contributed by atoms with E-state index in [4.69, 9.17) is 9.39 Å². The van der Waals surface area contributed by atoms with E-state index in [0.717, 1.165) is 61.7 Å². The third-order valence-electron chi connectivity index (χ3n) is 13.6. The maximum Gasteiger partial charge on any atom is 0.434 e. The van der Waals surface area contributed by atoms with Gasteiger partial charge in [0.1, 0.15) is 17.2 Å². The van der Waals surface area contributed by atoms with E-state index in [2.05, 4.69) is 247 Å². The first-order chi connectivity index (χ1) is 32.2. The lowest BCUT2D eigenvalue weighted by molar-refractivity contribution is 0.479. The summed E-state index contributed by atoms with van der Waals surface area (Å²) in [4.78, 5) is 0. The second kappa shape index (κ2) is 15.0. The monoisotopic (exact) mass is 845 g/mol. The quantitative estimate of drug-likeness (QED) is 0.118. The van der Waals surface area contributed by atoms with Crippen molar-refractivity contribution in [3.05, 3.63) is 243 Å². The highest BCUT2D eigenvalue weighted by Gasteiger charge is 2.43. The number of rotatable bonds is 7. The zero-order valence-corrected chi connectivity index (χ0v) is 36.4. The number of hydrogen-bond donors (Lipinski definition) is 0. The number of aromatic nitrogens is 1. The molecule has 3 heterocycles. The molecular weight excluding hydrogens is 806 g/mol. The van der Waals surface area contributed by atoms with Gasteiger partial charge in [-0.05, 0) is 97.1 Å². The van der Waals surface area contributed by atoms with Gasteiger partial charge in [0, 0.05) is 32.9 Å².